The molecule has 25 heavy (non-hydrogen) atoms. The zero-order chi connectivity index (χ0) is 19.2. The molecule has 1 aliphatic heterocycles. The highest BCUT2D eigenvalue weighted by atomic mass is 32.2. The fourth-order valence-electron chi connectivity index (χ4n) is 2.25. The Labute approximate surface area is 139 Å². The van der Waals surface area contributed by atoms with E-state index in [0.29, 0.717) is 0 Å². The third kappa shape index (κ3) is 4.19. The zero-order valence-electron chi connectivity index (χ0n) is 13.3. The van der Waals surface area contributed by atoms with E-state index in [0.717, 1.165) is 7.05 Å². The van der Waals surface area contributed by atoms with Crippen LogP contribution in [0.3, 0.4) is 0 Å². The van der Waals surface area contributed by atoms with Crippen molar-refractivity contribution >= 4 is 14.9 Å². The van der Waals surface area contributed by atoms with Crippen LogP contribution in [0.2, 0.25) is 0 Å². The van der Waals surface area contributed by atoms with E-state index < -0.39 is 56.2 Å². The quantitative estimate of drug-likeness (QED) is 0.737. The molecule has 0 spiro atoms. The number of nitrogens with zero attached hydrogens (tertiary/aromatic N) is 3. The topological polar surface area (TPSA) is 82.8 Å². The molecule has 1 aliphatic rings. The fraction of sp³-hybridized carbons (Fsp3) is 0.667. The Bertz CT molecular complexity index is 798. The van der Waals surface area contributed by atoms with Crippen LogP contribution in [-0.2, 0) is 33.7 Å². The van der Waals surface area contributed by atoms with Crippen LogP contribution in [0.5, 0.6) is 5.88 Å². The first-order chi connectivity index (χ1) is 11.2. The minimum absolute atomic E-state index is 0.165. The largest absolute Gasteiger partial charge is 0.433 e. The molecule has 0 unspecified atom stereocenters. The van der Waals surface area contributed by atoms with Gasteiger partial charge in [0.2, 0.25) is 5.88 Å². The Balaban J connectivity index is 2.47. The number of halogens is 5. The number of oxime groups is 1. The van der Waals surface area contributed by atoms with Crippen LogP contribution in [0, 0.1) is 0 Å². The van der Waals surface area contributed by atoms with Gasteiger partial charge in [0, 0.05) is 13.5 Å². The number of hydrogen-bond acceptors (Lipinski definition) is 6. The average molecular weight is 391 g/mol. The lowest BCUT2D eigenvalue weighted by Crippen LogP contribution is -2.24. The van der Waals surface area contributed by atoms with Gasteiger partial charge in [-0.1, -0.05) is 5.16 Å². The van der Waals surface area contributed by atoms with E-state index in [2.05, 4.69) is 15.0 Å². The number of ether oxygens (including phenoxy) is 1. The lowest BCUT2D eigenvalue weighted by molar-refractivity contribution is -0.144. The highest BCUT2D eigenvalue weighted by Crippen LogP contribution is 2.38. The van der Waals surface area contributed by atoms with Crippen LogP contribution < -0.4 is 4.74 Å². The van der Waals surface area contributed by atoms with Gasteiger partial charge in [-0.15, -0.1) is 5.10 Å². The van der Waals surface area contributed by atoms with Gasteiger partial charge in [-0.25, -0.2) is 8.42 Å². The molecular formula is C12H14F5N3O4S. The third-order valence-corrected chi connectivity index (χ3v) is 4.85. The summed E-state index contributed by atoms with van der Waals surface area (Å²) in [5.41, 5.74) is -3.44. The van der Waals surface area contributed by atoms with Crippen molar-refractivity contribution in [3.63, 3.8) is 0 Å². The minimum Gasteiger partial charge on any atom is -0.415 e. The summed E-state index contributed by atoms with van der Waals surface area (Å²) in [7, 11) is -3.52. The summed E-state index contributed by atoms with van der Waals surface area (Å²) in [6, 6.07) is 0. The Morgan fingerprint density at radius 2 is 1.96 bits per heavy atom. The van der Waals surface area contributed by atoms with Crippen molar-refractivity contribution < 1.29 is 39.9 Å². The number of hydrogen-bond donors (Lipinski definition) is 0. The van der Waals surface area contributed by atoms with Crippen molar-refractivity contribution in [3.05, 3.63) is 11.3 Å². The highest BCUT2D eigenvalue weighted by Gasteiger charge is 2.43. The van der Waals surface area contributed by atoms with Gasteiger partial charge in [0.1, 0.15) is 11.3 Å². The van der Waals surface area contributed by atoms with Crippen LogP contribution >= 0.6 is 0 Å². The molecule has 0 N–H and O–H groups in total. The standard InChI is InChI=1S/C12H14F5N3O4S/c1-11(2)4-7(19-24-11)25(21,22)5-6-8(12(15,16)17)20(3)18-9(6)23-10(13)14/h10H,4-5H2,1-3H3. The monoisotopic (exact) mass is 391 g/mol. The predicted octanol–water partition coefficient (Wildman–Crippen LogP) is 2.47. The van der Waals surface area contributed by atoms with Gasteiger partial charge in [0.05, 0.1) is 11.3 Å². The van der Waals surface area contributed by atoms with Gasteiger partial charge in [-0.05, 0) is 13.8 Å². The second kappa shape index (κ2) is 6.11. The number of aryl methyl sites for hydroxylation is 1. The molecule has 0 saturated heterocycles. The van der Waals surface area contributed by atoms with E-state index in [1.54, 1.807) is 0 Å². The van der Waals surface area contributed by atoms with Gasteiger partial charge >= 0.3 is 12.8 Å². The van der Waals surface area contributed by atoms with Crippen molar-refractivity contribution in [2.24, 2.45) is 12.2 Å². The van der Waals surface area contributed by atoms with E-state index in [9.17, 15) is 30.4 Å². The molecule has 2 rings (SSSR count). The van der Waals surface area contributed by atoms with Crippen LogP contribution in [0.1, 0.15) is 31.5 Å². The van der Waals surface area contributed by atoms with Crippen molar-refractivity contribution in [1.82, 2.24) is 9.78 Å². The van der Waals surface area contributed by atoms with Crippen LogP contribution in [-0.4, -0.2) is 35.5 Å². The third-order valence-electron chi connectivity index (χ3n) is 3.24. The molecule has 0 fully saturated rings. The number of aromatic nitrogens is 2. The van der Waals surface area contributed by atoms with Crippen LogP contribution in [0.4, 0.5) is 22.0 Å². The Morgan fingerprint density at radius 3 is 2.40 bits per heavy atom. The minimum atomic E-state index is -5.02. The van der Waals surface area contributed by atoms with Crippen LogP contribution in [0.15, 0.2) is 5.16 Å². The van der Waals surface area contributed by atoms with Gasteiger partial charge in [0.25, 0.3) is 0 Å². The van der Waals surface area contributed by atoms with Gasteiger partial charge < -0.3 is 9.57 Å². The van der Waals surface area contributed by atoms with E-state index >= 15 is 0 Å². The van der Waals surface area contributed by atoms with Gasteiger partial charge in [-0.3, -0.25) is 4.68 Å². The summed E-state index contributed by atoms with van der Waals surface area (Å²) in [4.78, 5) is 4.89. The molecule has 7 nitrogen and oxygen atoms in total. The molecule has 0 amide bonds. The fourth-order valence-corrected chi connectivity index (χ4v) is 3.78. The molecule has 0 radical (unpaired) electrons. The summed E-state index contributed by atoms with van der Waals surface area (Å²) < 4.78 is 93.3. The summed E-state index contributed by atoms with van der Waals surface area (Å²) in [5.74, 6) is -2.36. The molecule has 0 aliphatic carbocycles. The van der Waals surface area contributed by atoms with Gasteiger partial charge in [-0.2, -0.15) is 22.0 Å². The average Bonchev–Trinajstić information content (AvgIpc) is 2.89. The molecule has 13 heteroatoms. The second-order valence-corrected chi connectivity index (χ2v) is 7.89. The van der Waals surface area contributed by atoms with Crippen LogP contribution in [0.25, 0.3) is 0 Å². The van der Waals surface area contributed by atoms with Crippen molar-refractivity contribution in [1.29, 1.82) is 0 Å². The molecule has 0 atom stereocenters. The molecule has 2 heterocycles. The smallest absolute Gasteiger partial charge is 0.415 e. The molecule has 0 bridgehead atoms. The van der Waals surface area contributed by atoms with Crippen molar-refractivity contribution in [3.8, 4) is 5.88 Å². The SMILES string of the molecule is Cn1nc(OC(F)F)c(CS(=O)(=O)C2=NOC(C)(C)C2)c1C(F)(F)F. The summed E-state index contributed by atoms with van der Waals surface area (Å²) in [6.45, 7) is -0.394. The first-order valence-corrected chi connectivity index (χ1v) is 8.44. The molecule has 142 valence electrons. The lowest BCUT2D eigenvalue weighted by atomic mass is 10.1. The lowest BCUT2D eigenvalue weighted by Gasteiger charge is -2.13. The van der Waals surface area contributed by atoms with E-state index in [1.165, 1.54) is 13.8 Å². The maximum Gasteiger partial charge on any atom is 0.433 e. The molecule has 1 aromatic heterocycles. The highest BCUT2D eigenvalue weighted by molar-refractivity contribution is 8.05. The maximum atomic E-state index is 13.2. The number of rotatable bonds is 4. The molecular weight excluding hydrogens is 377 g/mol. The Kier molecular flexibility index (Phi) is 4.74. The number of alkyl halides is 5. The zero-order valence-corrected chi connectivity index (χ0v) is 14.1. The summed E-state index contributed by atoms with van der Waals surface area (Å²) in [5, 5.41) is 6.12. The first-order valence-electron chi connectivity index (χ1n) is 6.78. The predicted molar refractivity (Wildman–Crippen MR) is 74.7 cm³/mol. The molecule has 0 saturated carbocycles. The van der Waals surface area contributed by atoms with E-state index in [4.69, 9.17) is 4.84 Å². The molecule has 1 aromatic rings. The normalized spacial score (nSPS) is 17.6. The van der Waals surface area contributed by atoms with Crippen molar-refractivity contribution in [2.75, 3.05) is 0 Å². The van der Waals surface area contributed by atoms with E-state index in [-0.39, 0.29) is 11.1 Å². The number of sulfone groups is 1. The molecule has 0 aromatic carbocycles. The Hall–Kier alpha value is -1.92. The Morgan fingerprint density at radius 1 is 1.36 bits per heavy atom. The first kappa shape index (κ1) is 19.4. The summed E-state index contributed by atoms with van der Waals surface area (Å²) >= 11 is 0. The van der Waals surface area contributed by atoms with E-state index in [1.807, 2.05) is 0 Å². The van der Waals surface area contributed by atoms with Crippen molar-refractivity contribution in [2.45, 2.75) is 44.4 Å². The maximum absolute atomic E-state index is 13.2. The second-order valence-electron chi connectivity index (χ2n) is 5.90. The van der Waals surface area contributed by atoms with Gasteiger partial charge in [0.15, 0.2) is 14.9 Å². The summed E-state index contributed by atoms with van der Waals surface area (Å²) in [6.07, 6.45) is -5.19.